The first-order valence-corrected chi connectivity index (χ1v) is 6.64. The zero-order valence-electron chi connectivity index (χ0n) is 13.6. The third-order valence-corrected chi connectivity index (χ3v) is 2.13. The van der Waals surface area contributed by atoms with Gasteiger partial charge in [0.1, 0.15) is 0 Å². The third kappa shape index (κ3) is 8.12. The van der Waals surface area contributed by atoms with E-state index in [2.05, 4.69) is 10.0 Å². The molecule has 0 aromatic heterocycles. The van der Waals surface area contributed by atoms with Crippen molar-refractivity contribution in [3.63, 3.8) is 0 Å². The van der Waals surface area contributed by atoms with E-state index in [1.165, 1.54) is 6.92 Å². The lowest BCUT2D eigenvalue weighted by molar-refractivity contribution is -0.725. The smallest absolute Gasteiger partial charge is 0.511 e. The summed E-state index contributed by atoms with van der Waals surface area (Å²) in [6.45, 7) is 8.96. The lowest BCUT2D eigenvalue weighted by Gasteiger charge is -2.28. The van der Waals surface area contributed by atoms with Crippen LogP contribution in [0.1, 0.15) is 41.5 Å². The van der Waals surface area contributed by atoms with Crippen LogP contribution in [0, 0.1) is 5.21 Å². The van der Waals surface area contributed by atoms with E-state index in [9.17, 15) is 14.8 Å². The van der Waals surface area contributed by atoms with Crippen LogP contribution in [0.15, 0.2) is 5.28 Å². The van der Waals surface area contributed by atoms with E-state index >= 15 is 0 Å². The van der Waals surface area contributed by atoms with Crippen molar-refractivity contribution in [2.75, 3.05) is 6.54 Å². The molecule has 22 heavy (non-hydrogen) atoms. The minimum absolute atomic E-state index is 0.00175. The summed E-state index contributed by atoms with van der Waals surface area (Å²) in [5.74, 6) is -1.20. The molecule has 0 aliphatic heterocycles. The summed E-state index contributed by atoms with van der Waals surface area (Å²) in [6, 6.07) is 0. The molecule has 0 bridgehead atoms. The monoisotopic (exact) mass is 321 g/mol. The third-order valence-electron chi connectivity index (χ3n) is 2.13. The first-order valence-electron chi connectivity index (χ1n) is 6.64. The van der Waals surface area contributed by atoms with Gasteiger partial charge in [-0.15, -0.1) is 5.01 Å². The minimum Gasteiger partial charge on any atom is -0.569 e. The quantitative estimate of drug-likeness (QED) is 0.248. The number of carboxylic acid groups (broad SMARTS) is 1. The van der Waals surface area contributed by atoms with Crippen LogP contribution in [0.3, 0.4) is 0 Å². The van der Waals surface area contributed by atoms with Crippen molar-refractivity contribution in [3.8, 4) is 0 Å². The zero-order chi connectivity index (χ0) is 17.5. The molecule has 0 aromatic rings. The molecule has 10 heteroatoms. The van der Waals surface area contributed by atoms with Crippen LogP contribution in [-0.4, -0.2) is 51.7 Å². The summed E-state index contributed by atoms with van der Waals surface area (Å²) in [4.78, 5) is 26.7. The van der Waals surface area contributed by atoms with E-state index in [1.807, 2.05) is 0 Å². The van der Waals surface area contributed by atoms with E-state index in [-0.39, 0.29) is 11.1 Å². The summed E-state index contributed by atoms with van der Waals surface area (Å²) in [7, 11) is 0. The van der Waals surface area contributed by atoms with Gasteiger partial charge in [-0.1, -0.05) is 0 Å². The molecule has 0 heterocycles. The Kier molecular flexibility index (Phi) is 7.40. The van der Waals surface area contributed by atoms with Crippen molar-refractivity contribution in [3.05, 3.63) is 5.21 Å². The van der Waals surface area contributed by atoms with Gasteiger partial charge in [-0.05, 0) is 34.6 Å². The normalized spacial score (nSPS) is 13.5. The van der Waals surface area contributed by atoms with Crippen molar-refractivity contribution in [1.82, 2.24) is 5.01 Å². The minimum atomic E-state index is -1.20. The van der Waals surface area contributed by atoms with Gasteiger partial charge in [-0.25, -0.2) is 4.79 Å². The highest BCUT2D eigenvalue weighted by Crippen LogP contribution is 2.13. The second kappa shape index (κ2) is 8.25. The number of hydrazine groups is 1. The maximum absolute atomic E-state index is 11.8. The van der Waals surface area contributed by atoms with E-state index in [0.29, 0.717) is 0 Å². The fourth-order valence-electron chi connectivity index (χ4n) is 1.21. The number of ether oxygens (including phenoxy) is 2. The first-order chi connectivity index (χ1) is 9.93. The number of carbonyl (C=O) groups is 2. The molecule has 1 unspecified atom stereocenters. The molecule has 0 rings (SSSR count). The predicted octanol–water partition coefficient (Wildman–Crippen LogP) is 1.89. The lowest BCUT2D eigenvalue weighted by Crippen LogP contribution is -2.48. The Hall–Kier alpha value is -2.26. The van der Waals surface area contributed by atoms with Crippen molar-refractivity contribution < 1.29 is 34.0 Å². The number of aliphatic carboxylic acids is 1. The van der Waals surface area contributed by atoms with E-state index in [0.717, 1.165) is 5.01 Å². The largest absolute Gasteiger partial charge is 0.569 e. The average molecular weight is 321 g/mol. The molecule has 0 aliphatic carbocycles. The van der Waals surface area contributed by atoms with Gasteiger partial charge < -0.3 is 19.8 Å². The van der Waals surface area contributed by atoms with Crippen LogP contribution in [0.2, 0.25) is 0 Å². The van der Waals surface area contributed by atoms with Crippen LogP contribution >= 0.6 is 0 Å². The summed E-state index contributed by atoms with van der Waals surface area (Å²) in [5.41, 5.74) is -0.798. The highest BCUT2D eigenvalue weighted by atomic mass is 16.8. The Morgan fingerprint density at radius 1 is 1.27 bits per heavy atom. The van der Waals surface area contributed by atoms with Crippen molar-refractivity contribution in [2.24, 2.45) is 5.28 Å². The Morgan fingerprint density at radius 3 is 2.23 bits per heavy atom. The van der Waals surface area contributed by atoms with Crippen LogP contribution in [0.4, 0.5) is 4.79 Å². The molecule has 0 radical (unpaired) electrons. The molecular weight excluding hydrogens is 298 g/mol. The van der Waals surface area contributed by atoms with Crippen molar-refractivity contribution >= 4 is 12.1 Å². The van der Waals surface area contributed by atoms with Gasteiger partial charge in [0.25, 0.3) is 6.29 Å². The Labute approximate surface area is 128 Å². The molecule has 128 valence electrons. The van der Waals surface area contributed by atoms with Crippen LogP contribution in [0.25, 0.3) is 0 Å². The maximum Gasteiger partial charge on any atom is 0.511 e. The second-order valence-corrected chi connectivity index (χ2v) is 5.66. The fraction of sp³-hybridized carbons (Fsp3) is 0.833. The highest BCUT2D eigenvalue weighted by molar-refractivity contribution is 5.68. The number of hydrogen-bond acceptors (Lipinski definition) is 7. The molecule has 0 saturated heterocycles. The van der Waals surface area contributed by atoms with Gasteiger partial charge in [0.2, 0.25) is 5.28 Å². The van der Waals surface area contributed by atoms with Gasteiger partial charge in [0.05, 0.1) is 16.6 Å². The standard InChI is InChI=1S/C12H23N3O7/c1-8(2)20-11(18)21-9(3)22-13-15(19)14(7-10(16)17)12(4,5)6/h8-9H,7H2,1-6H3,(H,16,17)/b15-13-. The summed E-state index contributed by atoms with van der Waals surface area (Å²) < 4.78 is 9.40. The molecule has 1 atom stereocenters. The first kappa shape index (κ1) is 19.7. The predicted molar refractivity (Wildman–Crippen MR) is 73.4 cm³/mol. The number of nitrogens with zero attached hydrogens (tertiary/aromatic N) is 3. The number of carbonyl (C=O) groups excluding carboxylic acids is 1. The zero-order valence-corrected chi connectivity index (χ0v) is 13.6. The van der Waals surface area contributed by atoms with Crippen LogP contribution in [-0.2, 0) is 19.1 Å². The molecule has 0 fully saturated rings. The molecule has 0 aliphatic rings. The molecule has 10 nitrogen and oxygen atoms in total. The topological polar surface area (TPSA) is 124 Å². The van der Waals surface area contributed by atoms with Crippen LogP contribution < -0.4 is 0 Å². The van der Waals surface area contributed by atoms with Gasteiger partial charge >= 0.3 is 12.1 Å². The van der Waals surface area contributed by atoms with E-state index in [1.54, 1.807) is 34.6 Å². The van der Waals surface area contributed by atoms with Crippen molar-refractivity contribution in [1.29, 1.82) is 0 Å². The number of hydrogen-bond donors (Lipinski definition) is 1. The molecule has 0 aromatic carbocycles. The molecule has 0 amide bonds. The molecule has 0 saturated carbocycles. The van der Waals surface area contributed by atoms with Crippen molar-refractivity contribution in [2.45, 2.75) is 59.5 Å². The number of rotatable bonds is 7. The van der Waals surface area contributed by atoms with Gasteiger partial charge in [0, 0.05) is 6.92 Å². The summed E-state index contributed by atoms with van der Waals surface area (Å²) >= 11 is 0. The van der Waals surface area contributed by atoms with E-state index in [4.69, 9.17) is 14.7 Å². The summed E-state index contributed by atoms with van der Waals surface area (Å²) in [5, 5.41) is 24.7. The highest BCUT2D eigenvalue weighted by Gasteiger charge is 2.31. The second-order valence-electron chi connectivity index (χ2n) is 5.66. The van der Waals surface area contributed by atoms with E-state index < -0.39 is 30.5 Å². The average Bonchev–Trinajstić information content (AvgIpc) is 2.30. The van der Waals surface area contributed by atoms with Crippen LogP contribution in [0.5, 0.6) is 0 Å². The molecule has 1 N–H and O–H groups in total. The fourth-order valence-corrected chi connectivity index (χ4v) is 1.21. The Morgan fingerprint density at radius 2 is 1.82 bits per heavy atom. The SMILES string of the molecule is CC(C)OC(=O)OC(C)O/N=[N+](\[O-])N(CC(=O)O)C(C)(C)C. The lowest BCUT2D eigenvalue weighted by atomic mass is 10.1. The molecular formula is C12H23N3O7. The summed E-state index contributed by atoms with van der Waals surface area (Å²) in [6.07, 6.45) is -2.50. The van der Waals surface area contributed by atoms with Gasteiger partial charge in [-0.3, -0.25) is 9.63 Å². The van der Waals surface area contributed by atoms with Gasteiger partial charge in [-0.2, -0.15) is 0 Å². The maximum atomic E-state index is 11.8. The molecule has 0 spiro atoms. The van der Waals surface area contributed by atoms with Gasteiger partial charge in [0.15, 0.2) is 6.54 Å². The number of carboxylic acids is 1. The Bertz CT molecular complexity index is 417. The Balaban J connectivity index is 4.67.